The van der Waals surface area contributed by atoms with Gasteiger partial charge in [0.1, 0.15) is 17.5 Å². The molecule has 2 heterocycles. The number of rotatable bonds is 7. The van der Waals surface area contributed by atoms with Crippen molar-refractivity contribution in [3.05, 3.63) is 69.2 Å². The summed E-state index contributed by atoms with van der Waals surface area (Å²) >= 11 is 12.8. The second-order valence-electron chi connectivity index (χ2n) is 7.54. The fraction of sp³-hybridized carbons (Fsp3) is 0.273. The van der Waals surface area contributed by atoms with Gasteiger partial charge in [-0.05, 0) is 50.5 Å². The van der Waals surface area contributed by atoms with Gasteiger partial charge in [0.15, 0.2) is 0 Å². The smallest absolute Gasteiger partial charge is 0.258 e. The lowest BCUT2D eigenvalue weighted by Gasteiger charge is -2.12. The van der Waals surface area contributed by atoms with Crippen LogP contribution in [0.1, 0.15) is 40.3 Å². The summed E-state index contributed by atoms with van der Waals surface area (Å²) in [6.45, 7) is 4.39. The fourth-order valence-corrected chi connectivity index (χ4v) is 3.88. The largest absolute Gasteiger partial charge is 0.325 e. The molecule has 9 heteroatoms. The van der Waals surface area contributed by atoms with Gasteiger partial charge in [0.2, 0.25) is 0 Å². The molecule has 160 valence electrons. The van der Waals surface area contributed by atoms with E-state index >= 15 is 0 Å². The summed E-state index contributed by atoms with van der Waals surface area (Å²) in [5.74, 6) is 1.44. The van der Waals surface area contributed by atoms with Crippen molar-refractivity contribution in [3.63, 3.8) is 0 Å². The first-order chi connectivity index (χ1) is 14.9. The van der Waals surface area contributed by atoms with E-state index < -0.39 is 0 Å². The Hall–Kier alpha value is -2.74. The molecule has 0 aliphatic heterocycles. The molecule has 0 atom stereocenters. The zero-order valence-electron chi connectivity index (χ0n) is 17.2. The number of carbonyl (C=O) groups is 1. The maximum absolute atomic E-state index is 12.8. The Bertz CT molecular complexity index is 1090. The summed E-state index contributed by atoms with van der Waals surface area (Å²) in [7, 11) is 0. The number of aryl methyl sites for hydroxylation is 2. The van der Waals surface area contributed by atoms with Gasteiger partial charge in [0, 0.05) is 42.3 Å². The Kier molecular flexibility index (Phi) is 6.36. The standard InChI is InChI=1S/C22H22Cl2N6O/c1-12-7-20(28-13(2)27-12)30-19-10-16(5-6-25-19)29-22(31)21-17(23)8-14(9-18(21)24)11-26-15-3-4-15/h5-10,15,26H,3-4,11H2,1-2H3,(H2,25,27,28,29,30,31). The summed E-state index contributed by atoms with van der Waals surface area (Å²) in [6, 6.07) is 9.34. The lowest BCUT2D eigenvalue weighted by Crippen LogP contribution is -2.17. The van der Waals surface area contributed by atoms with Crippen LogP contribution in [0.25, 0.3) is 0 Å². The van der Waals surface area contributed by atoms with Crippen LogP contribution in [-0.4, -0.2) is 26.9 Å². The Balaban J connectivity index is 1.47. The van der Waals surface area contributed by atoms with E-state index in [1.807, 2.05) is 19.9 Å². The zero-order chi connectivity index (χ0) is 22.0. The molecule has 1 aliphatic carbocycles. The van der Waals surface area contributed by atoms with Crippen molar-refractivity contribution in [2.24, 2.45) is 0 Å². The van der Waals surface area contributed by atoms with Crippen molar-refractivity contribution in [2.75, 3.05) is 10.6 Å². The molecule has 1 amide bonds. The lowest BCUT2D eigenvalue weighted by molar-refractivity contribution is 0.102. The minimum Gasteiger partial charge on any atom is -0.325 e. The number of hydrogen-bond donors (Lipinski definition) is 3. The quantitative estimate of drug-likeness (QED) is 0.460. The predicted octanol–water partition coefficient (Wildman–Crippen LogP) is 5.04. The average Bonchev–Trinajstić information content (AvgIpc) is 3.50. The fourth-order valence-electron chi connectivity index (χ4n) is 3.18. The van der Waals surface area contributed by atoms with Crippen LogP contribution in [0.3, 0.4) is 0 Å². The monoisotopic (exact) mass is 456 g/mol. The van der Waals surface area contributed by atoms with Crippen molar-refractivity contribution < 1.29 is 4.79 Å². The third kappa shape index (κ3) is 5.70. The molecule has 1 saturated carbocycles. The maximum atomic E-state index is 12.8. The molecule has 0 spiro atoms. The van der Waals surface area contributed by atoms with Gasteiger partial charge < -0.3 is 16.0 Å². The van der Waals surface area contributed by atoms with E-state index in [0.717, 1.165) is 11.3 Å². The highest BCUT2D eigenvalue weighted by Gasteiger charge is 2.21. The van der Waals surface area contributed by atoms with Crippen molar-refractivity contribution in [3.8, 4) is 0 Å². The Morgan fingerprint density at radius 1 is 1.06 bits per heavy atom. The molecule has 31 heavy (non-hydrogen) atoms. The summed E-state index contributed by atoms with van der Waals surface area (Å²) in [4.78, 5) is 25.7. The van der Waals surface area contributed by atoms with Gasteiger partial charge in [0.05, 0.1) is 15.6 Å². The molecule has 1 fully saturated rings. The van der Waals surface area contributed by atoms with E-state index in [4.69, 9.17) is 23.2 Å². The van der Waals surface area contributed by atoms with Gasteiger partial charge in [-0.2, -0.15) is 0 Å². The molecule has 1 aromatic carbocycles. The number of halogens is 2. The molecule has 7 nitrogen and oxygen atoms in total. The molecule has 3 aromatic rings. The molecule has 0 bridgehead atoms. The van der Waals surface area contributed by atoms with E-state index in [1.54, 1.807) is 30.5 Å². The summed E-state index contributed by atoms with van der Waals surface area (Å²) < 4.78 is 0. The number of benzene rings is 1. The minimum atomic E-state index is -0.387. The first-order valence-corrected chi connectivity index (χ1v) is 10.7. The van der Waals surface area contributed by atoms with E-state index in [9.17, 15) is 4.79 Å². The topological polar surface area (TPSA) is 91.8 Å². The number of aromatic nitrogens is 3. The van der Waals surface area contributed by atoms with Gasteiger partial charge >= 0.3 is 0 Å². The van der Waals surface area contributed by atoms with E-state index in [-0.39, 0.29) is 11.5 Å². The Labute approximate surface area is 190 Å². The number of amides is 1. The number of nitrogens with one attached hydrogen (secondary N) is 3. The van der Waals surface area contributed by atoms with Crippen LogP contribution in [0.15, 0.2) is 36.5 Å². The highest BCUT2D eigenvalue weighted by Crippen LogP contribution is 2.29. The molecule has 3 N–H and O–H groups in total. The number of pyridine rings is 1. The highest BCUT2D eigenvalue weighted by atomic mass is 35.5. The van der Waals surface area contributed by atoms with Crippen LogP contribution in [0.5, 0.6) is 0 Å². The van der Waals surface area contributed by atoms with Gasteiger partial charge in [0.25, 0.3) is 5.91 Å². The molecule has 4 rings (SSSR count). The average molecular weight is 457 g/mol. The maximum Gasteiger partial charge on any atom is 0.258 e. The van der Waals surface area contributed by atoms with Gasteiger partial charge in [-0.15, -0.1) is 0 Å². The molecule has 0 radical (unpaired) electrons. The van der Waals surface area contributed by atoms with Gasteiger partial charge in [-0.1, -0.05) is 23.2 Å². The first kappa shape index (κ1) is 21.5. The number of anilines is 3. The van der Waals surface area contributed by atoms with Gasteiger partial charge in [-0.3, -0.25) is 4.79 Å². The summed E-state index contributed by atoms with van der Waals surface area (Å²) in [6.07, 6.45) is 3.98. The number of carbonyl (C=O) groups excluding carboxylic acids is 1. The van der Waals surface area contributed by atoms with E-state index in [0.29, 0.717) is 45.8 Å². The van der Waals surface area contributed by atoms with Gasteiger partial charge in [-0.25, -0.2) is 15.0 Å². The van der Waals surface area contributed by atoms with Crippen molar-refractivity contribution in [1.82, 2.24) is 20.3 Å². The second-order valence-corrected chi connectivity index (χ2v) is 8.35. The molecule has 1 aliphatic rings. The molecular formula is C22H22Cl2N6O. The van der Waals surface area contributed by atoms with E-state index in [2.05, 4.69) is 30.9 Å². The van der Waals surface area contributed by atoms with Crippen LogP contribution in [0.2, 0.25) is 10.0 Å². The molecular weight excluding hydrogens is 435 g/mol. The number of hydrogen-bond acceptors (Lipinski definition) is 6. The van der Waals surface area contributed by atoms with Crippen LogP contribution in [0, 0.1) is 13.8 Å². The Morgan fingerprint density at radius 2 is 1.81 bits per heavy atom. The Morgan fingerprint density at radius 3 is 2.48 bits per heavy atom. The normalized spacial score (nSPS) is 13.2. The third-order valence-corrected chi connectivity index (χ3v) is 5.34. The minimum absolute atomic E-state index is 0.242. The van der Waals surface area contributed by atoms with Crippen molar-refractivity contribution in [1.29, 1.82) is 0 Å². The van der Waals surface area contributed by atoms with Crippen molar-refractivity contribution in [2.45, 2.75) is 39.3 Å². The predicted molar refractivity (Wildman–Crippen MR) is 123 cm³/mol. The van der Waals surface area contributed by atoms with Crippen molar-refractivity contribution >= 4 is 46.4 Å². The van der Waals surface area contributed by atoms with Crippen LogP contribution < -0.4 is 16.0 Å². The molecule has 0 saturated heterocycles. The SMILES string of the molecule is Cc1cc(Nc2cc(NC(=O)c3c(Cl)cc(CNC4CC4)cc3Cl)ccn2)nc(C)n1. The summed E-state index contributed by atoms with van der Waals surface area (Å²) in [5, 5.41) is 10.00. The first-order valence-electron chi connectivity index (χ1n) is 9.95. The van der Waals surface area contributed by atoms with Crippen LogP contribution >= 0.6 is 23.2 Å². The van der Waals surface area contributed by atoms with Crippen LogP contribution in [0.4, 0.5) is 17.3 Å². The zero-order valence-corrected chi connectivity index (χ0v) is 18.7. The van der Waals surface area contributed by atoms with E-state index in [1.165, 1.54) is 12.8 Å². The lowest BCUT2D eigenvalue weighted by atomic mass is 10.1. The highest BCUT2D eigenvalue weighted by molar-refractivity contribution is 6.40. The second kappa shape index (κ2) is 9.18. The molecule has 0 unspecified atom stereocenters. The number of nitrogens with zero attached hydrogens (tertiary/aromatic N) is 3. The molecule has 2 aromatic heterocycles. The third-order valence-electron chi connectivity index (χ3n) is 4.74. The summed E-state index contributed by atoms with van der Waals surface area (Å²) in [5.41, 5.74) is 2.59. The van der Waals surface area contributed by atoms with Crippen LogP contribution in [-0.2, 0) is 6.54 Å².